The molecule has 10 heavy (non-hydrogen) atoms. The molecule has 0 heterocycles. The molecule has 0 fully saturated rings. The first-order chi connectivity index (χ1) is 4.85. The molecule has 0 aromatic carbocycles. The highest BCUT2D eigenvalue weighted by molar-refractivity contribution is 7.16. The van der Waals surface area contributed by atoms with E-state index in [1.165, 1.54) is 0 Å². The number of hydrogen-bond acceptors (Lipinski definition) is 1. The zero-order chi connectivity index (χ0) is 7.82. The normalized spacial score (nSPS) is 11.9. The number of nitrogens with zero attached hydrogens (tertiary/aromatic N) is 1. The van der Waals surface area contributed by atoms with Gasteiger partial charge in [-0.05, 0) is 25.1 Å². The quantitative estimate of drug-likeness (QED) is 0.346. The Kier molecular flexibility index (Phi) is 6.13. The Labute approximate surface area is 64.6 Å². The Morgan fingerprint density at radius 3 is 2.80 bits per heavy atom. The molecule has 1 atom stereocenters. The minimum Gasteiger partial charge on any atom is -0.193 e. The van der Waals surface area contributed by atoms with Crippen LogP contribution in [0.15, 0.2) is 23.8 Å². The van der Waals surface area contributed by atoms with Gasteiger partial charge in [0, 0.05) is 6.08 Å². The summed E-state index contributed by atoms with van der Waals surface area (Å²) >= 11 is 0. The summed E-state index contributed by atoms with van der Waals surface area (Å²) in [7, 11) is 2.64. The van der Waals surface area contributed by atoms with Crippen molar-refractivity contribution in [1.29, 1.82) is 5.26 Å². The van der Waals surface area contributed by atoms with Gasteiger partial charge in [-0.2, -0.15) is 5.26 Å². The highest BCUT2D eigenvalue weighted by Crippen LogP contribution is 2.04. The molecule has 0 saturated heterocycles. The lowest BCUT2D eigenvalue weighted by Crippen LogP contribution is -1.78. The summed E-state index contributed by atoms with van der Waals surface area (Å²) in [4.78, 5) is 0. The van der Waals surface area contributed by atoms with Gasteiger partial charge in [-0.3, -0.25) is 0 Å². The molecule has 0 rings (SSSR count). The van der Waals surface area contributed by atoms with Crippen LogP contribution in [0.2, 0.25) is 0 Å². The molecule has 0 aromatic heterocycles. The average Bonchev–Trinajstić information content (AvgIpc) is 1.90. The van der Waals surface area contributed by atoms with E-state index in [0.717, 1.165) is 18.2 Å². The third-order valence-corrected chi connectivity index (χ3v) is 1.35. The Hall–Kier alpha value is -0.600. The van der Waals surface area contributed by atoms with Gasteiger partial charge in [-0.1, -0.05) is 12.2 Å². The summed E-state index contributed by atoms with van der Waals surface area (Å²) < 4.78 is 0. The van der Waals surface area contributed by atoms with Crippen molar-refractivity contribution in [3.8, 4) is 6.07 Å². The van der Waals surface area contributed by atoms with E-state index in [9.17, 15) is 0 Å². The van der Waals surface area contributed by atoms with Gasteiger partial charge in [0.25, 0.3) is 0 Å². The summed E-state index contributed by atoms with van der Waals surface area (Å²) in [6.45, 7) is 1.95. The van der Waals surface area contributed by atoms with Gasteiger partial charge < -0.3 is 0 Å². The Balaban J connectivity index is 4.01. The number of rotatable bonds is 3. The second kappa shape index (κ2) is 6.52. The lowest BCUT2D eigenvalue weighted by atomic mass is 10.2. The van der Waals surface area contributed by atoms with Crippen molar-refractivity contribution in [2.24, 2.45) is 0 Å². The van der Waals surface area contributed by atoms with E-state index < -0.39 is 0 Å². The van der Waals surface area contributed by atoms with E-state index in [4.69, 9.17) is 5.26 Å². The molecule has 0 amide bonds. The van der Waals surface area contributed by atoms with Crippen LogP contribution in [0.1, 0.15) is 13.3 Å². The van der Waals surface area contributed by atoms with Crippen LogP contribution in [0, 0.1) is 11.3 Å². The topological polar surface area (TPSA) is 23.8 Å². The van der Waals surface area contributed by atoms with Crippen molar-refractivity contribution in [2.75, 3.05) is 6.16 Å². The van der Waals surface area contributed by atoms with E-state index in [0.29, 0.717) is 0 Å². The average molecular weight is 153 g/mol. The maximum Gasteiger partial charge on any atom is 0.0914 e. The van der Waals surface area contributed by atoms with Gasteiger partial charge in [-0.25, -0.2) is 0 Å². The predicted molar refractivity (Wildman–Crippen MR) is 47.7 cm³/mol. The molecule has 1 nitrogen and oxygen atoms in total. The van der Waals surface area contributed by atoms with Gasteiger partial charge in [0.05, 0.1) is 6.07 Å². The Morgan fingerprint density at radius 2 is 2.40 bits per heavy atom. The first kappa shape index (κ1) is 9.40. The molecule has 0 aliphatic carbocycles. The Morgan fingerprint density at radius 1 is 1.70 bits per heavy atom. The molecule has 0 saturated carbocycles. The first-order valence-corrected chi connectivity index (χ1v) is 4.08. The van der Waals surface area contributed by atoms with Crippen molar-refractivity contribution in [2.45, 2.75) is 13.3 Å². The summed E-state index contributed by atoms with van der Waals surface area (Å²) in [5, 5.41) is 8.32. The van der Waals surface area contributed by atoms with Crippen LogP contribution in [0.3, 0.4) is 0 Å². The zero-order valence-corrected chi connectivity index (χ0v) is 7.33. The molecule has 2 heteroatoms. The minimum atomic E-state index is 0.961. The van der Waals surface area contributed by atoms with Gasteiger partial charge in [0.2, 0.25) is 0 Å². The zero-order valence-electron chi connectivity index (χ0n) is 6.17. The predicted octanol–water partition coefficient (Wildman–Crippen LogP) is 2.28. The molecular weight excluding hydrogens is 141 g/mol. The van der Waals surface area contributed by atoms with E-state index in [1.54, 1.807) is 6.08 Å². The number of nitriles is 1. The van der Waals surface area contributed by atoms with E-state index in [1.807, 2.05) is 25.1 Å². The standard InChI is InChI=1S/C8H12NP/c1-2-3-8(4-6-9)5-7-10/h2-4H,5,7,10H2,1H3/b3-2-,8-4+. The van der Waals surface area contributed by atoms with Gasteiger partial charge >= 0.3 is 0 Å². The van der Waals surface area contributed by atoms with E-state index in [-0.39, 0.29) is 0 Å². The monoisotopic (exact) mass is 153 g/mol. The van der Waals surface area contributed by atoms with Crippen LogP contribution in [0.5, 0.6) is 0 Å². The fraction of sp³-hybridized carbons (Fsp3) is 0.375. The number of allylic oxidation sites excluding steroid dienone is 4. The fourth-order valence-corrected chi connectivity index (χ4v) is 1.00. The fourth-order valence-electron chi connectivity index (χ4n) is 0.667. The third-order valence-electron chi connectivity index (χ3n) is 1.06. The minimum absolute atomic E-state index is 0.961. The molecule has 1 unspecified atom stereocenters. The molecule has 0 radical (unpaired) electrons. The van der Waals surface area contributed by atoms with Crippen molar-refractivity contribution in [1.82, 2.24) is 0 Å². The molecule has 0 aliphatic rings. The second-order valence-corrected chi connectivity index (χ2v) is 2.46. The maximum atomic E-state index is 8.32. The summed E-state index contributed by atoms with van der Waals surface area (Å²) in [6.07, 6.45) is 7.47. The van der Waals surface area contributed by atoms with Gasteiger partial charge in [0.15, 0.2) is 0 Å². The van der Waals surface area contributed by atoms with Crippen molar-refractivity contribution >= 4 is 9.24 Å². The third kappa shape index (κ3) is 4.30. The highest BCUT2D eigenvalue weighted by Gasteiger charge is 1.87. The first-order valence-electron chi connectivity index (χ1n) is 3.26. The second-order valence-electron chi connectivity index (χ2n) is 1.89. The molecular formula is C8H12NP. The molecule has 0 N–H and O–H groups in total. The van der Waals surface area contributed by atoms with Crippen LogP contribution in [0.25, 0.3) is 0 Å². The SMILES string of the molecule is C/C=C\C(=C/C#N)CCP. The number of hydrogen-bond donors (Lipinski definition) is 0. The highest BCUT2D eigenvalue weighted by atomic mass is 31.0. The Bertz CT molecular complexity index is 174. The molecule has 0 spiro atoms. The summed E-state index contributed by atoms with van der Waals surface area (Å²) in [5.74, 6) is 0. The van der Waals surface area contributed by atoms with E-state index in [2.05, 4.69) is 9.24 Å². The maximum absolute atomic E-state index is 8.32. The lowest BCUT2D eigenvalue weighted by Gasteiger charge is -1.93. The van der Waals surface area contributed by atoms with Crippen LogP contribution >= 0.6 is 9.24 Å². The molecule has 0 aliphatic heterocycles. The van der Waals surface area contributed by atoms with Crippen LogP contribution < -0.4 is 0 Å². The van der Waals surface area contributed by atoms with Crippen LogP contribution in [-0.2, 0) is 0 Å². The van der Waals surface area contributed by atoms with Gasteiger partial charge in [-0.15, -0.1) is 9.24 Å². The van der Waals surface area contributed by atoms with Crippen molar-refractivity contribution in [3.63, 3.8) is 0 Å². The van der Waals surface area contributed by atoms with Gasteiger partial charge in [0.1, 0.15) is 0 Å². The van der Waals surface area contributed by atoms with E-state index >= 15 is 0 Å². The van der Waals surface area contributed by atoms with Crippen molar-refractivity contribution < 1.29 is 0 Å². The largest absolute Gasteiger partial charge is 0.193 e. The summed E-state index contributed by atoms with van der Waals surface area (Å²) in [5.41, 5.74) is 1.10. The molecule has 0 aromatic rings. The summed E-state index contributed by atoms with van der Waals surface area (Å²) in [6, 6.07) is 2.01. The molecule has 54 valence electrons. The molecule has 0 bridgehead atoms. The van der Waals surface area contributed by atoms with Crippen LogP contribution in [0.4, 0.5) is 0 Å². The smallest absolute Gasteiger partial charge is 0.0914 e. The lowest BCUT2D eigenvalue weighted by molar-refractivity contribution is 1.17. The van der Waals surface area contributed by atoms with Crippen LogP contribution in [-0.4, -0.2) is 6.16 Å². The van der Waals surface area contributed by atoms with Crippen molar-refractivity contribution in [3.05, 3.63) is 23.8 Å².